The highest BCUT2D eigenvalue weighted by Gasteiger charge is 2.21. The van der Waals surface area contributed by atoms with Crippen molar-refractivity contribution in [2.24, 2.45) is 0 Å². The van der Waals surface area contributed by atoms with Gasteiger partial charge in [-0.05, 0) is 38.4 Å². The Morgan fingerprint density at radius 1 is 1.32 bits per heavy atom. The van der Waals surface area contributed by atoms with Gasteiger partial charge in [0.25, 0.3) is 5.91 Å². The van der Waals surface area contributed by atoms with Gasteiger partial charge in [0.1, 0.15) is 0 Å². The number of amides is 1. The maximum Gasteiger partial charge on any atom is 0.263 e. The molecule has 3 nitrogen and oxygen atoms in total. The fourth-order valence-electron chi connectivity index (χ4n) is 2.35. The van der Waals surface area contributed by atoms with Crippen LogP contribution in [0.5, 0.6) is 0 Å². The molecule has 1 aliphatic heterocycles. The minimum atomic E-state index is 0.210. The highest BCUT2D eigenvalue weighted by atomic mass is 79.9. The predicted molar refractivity (Wildman–Crippen MR) is 84.5 cm³/mol. The smallest absolute Gasteiger partial charge is 0.263 e. The fourth-order valence-corrected chi connectivity index (χ4v) is 3.85. The topological polar surface area (TPSA) is 23.6 Å². The number of rotatable bonds is 3. The van der Waals surface area contributed by atoms with E-state index in [1.54, 1.807) is 11.3 Å². The number of carbonyl (C=O) groups excluding carboxylic acids is 1. The van der Waals surface area contributed by atoms with Gasteiger partial charge in [-0.1, -0.05) is 15.9 Å². The van der Waals surface area contributed by atoms with Crippen LogP contribution in [0.1, 0.15) is 26.5 Å². The molecule has 0 aliphatic carbocycles. The molecule has 106 valence electrons. The van der Waals surface area contributed by atoms with E-state index < -0.39 is 0 Å². The highest BCUT2D eigenvalue weighted by Crippen LogP contribution is 2.22. The normalized spacial score (nSPS) is 17.5. The van der Waals surface area contributed by atoms with Crippen LogP contribution in [-0.4, -0.2) is 53.8 Å². The summed E-state index contributed by atoms with van der Waals surface area (Å²) in [4.78, 5) is 19.1. The Balaban J connectivity index is 1.99. The van der Waals surface area contributed by atoms with Gasteiger partial charge in [-0.15, -0.1) is 11.3 Å². The molecular weight excluding hydrogens is 324 g/mol. The average Bonchev–Trinajstić information content (AvgIpc) is 2.61. The molecule has 1 aliphatic rings. The highest BCUT2D eigenvalue weighted by molar-refractivity contribution is 9.09. The van der Waals surface area contributed by atoms with Crippen LogP contribution in [0.3, 0.4) is 0 Å². The lowest BCUT2D eigenvalue weighted by atomic mass is 10.2. The van der Waals surface area contributed by atoms with Crippen molar-refractivity contribution in [3.8, 4) is 0 Å². The quantitative estimate of drug-likeness (QED) is 0.787. The van der Waals surface area contributed by atoms with E-state index in [2.05, 4.69) is 34.7 Å². The van der Waals surface area contributed by atoms with E-state index in [0.717, 1.165) is 49.4 Å². The van der Waals surface area contributed by atoms with Crippen molar-refractivity contribution in [1.82, 2.24) is 9.80 Å². The van der Waals surface area contributed by atoms with Gasteiger partial charge in [-0.3, -0.25) is 4.79 Å². The largest absolute Gasteiger partial charge is 0.337 e. The summed E-state index contributed by atoms with van der Waals surface area (Å²) < 4.78 is 0. The first-order valence-electron chi connectivity index (χ1n) is 6.76. The van der Waals surface area contributed by atoms with Crippen molar-refractivity contribution in [3.63, 3.8) is 0 Å². The second kappa shape index (κ2) is 6.86. The minimum Gasteiger partial charge on any atom is -0.337 e. The zero-order valence-corrected chi connectivity index (χ0v) is 14.0. The van der Waals surface area contributed by atoms with Crippen LogP contribution in [0.4, 0.5) is 0 Å². The molecule has 0 bridgehead atoms. The van der Waals surface area contributed by atoms with Gasteiger partial charge in [0.15, 0.2) is 0 Å². The van der Waals surface area contributed by atoms with Crippen molar-refractivity contribution < 1.29 is 4.79 Å². The Bertz CT molecular complexity index is 427. The third-order valence-corrected chi connectivity index (χ3v) is 5.15. The van der Waals surface area contributed by atoms with E-state index in [9.17, 15) is 4.79 Å². The first kappa shape index (κ1) is 15.0. The Labute approximate surface area is 127 Å². The first-order valence-corrected chi connectivity index (χ1v) is 8.70. The molecule has 19 heavy (non-hydrogen) atoms. The van der Waals surface area contributed by atoms with Crippen molar-refractivity contribution in [2.75, 3.05) is 38.1 Å². The van der Waals surface area contributed by atoms with Crippen molar-refractivity contribution in [2.45, 2.75) is 20.3 Å². The van der Waals surface area contributed by atoms with Gasteiger partial charge < -0.3 is 9.80 Å². The zero-order valence-electron chi connectivity index (χ0n) is 11.6. The van der Waals surface area contributed by atoms with Gasteiger partial charge in [0, 0.05) is 36.4 Å². The molecule has 1 amide bonds. The van der Waals surface area contributed by atoms with Gasteiger partial charge in [0.05, 0.1) is 4.88 Å². The molecule has 5 heteroatoms. The van der Waals surface area contributed by atoms with Crippen LogP contribution in [0.2, 0.25) is 0 Å². The number of alkyl halides is 1. The van der Waals surface area contributed by atoms with E-state index in [1.165, 1.54) is 10.4 Å². The molecular formula is C14H21BrN2OS. The van der Waals surface area contributed by atoms with E-state index >= 15 is 0 Å². The summed E-state index contributed by atoms with van der Waals surface area (Å²) in [6.45, 7) is 9.03. The maximum absolute atomic E-state index is 12.5. The minimum absolute atomic E-state index is 0.210. The second-order valence-corrected chi connectivity index (χ2v) is 7.08. The van der Waals surface area contributed by atoms with Gasteiger partial charge in [-0.25, -0.2) is 0 Å². The summed E-state index contributed by atoms with van der Waals surface area (Å²) in [5.74, 6) is 0.210. The third-order valence-electron chi connectivity index (χ3n) is 3.65. The molecule has 0 aromatic carbocycles. The van der Waals surface area contributed by atoms with Gasteiger partial charge in [0.2, 0.25) is 0 Å². The van der Waals surface area contributed by atoms with Crippen LogP contribution in [0, 0.1) is 13.8 Å². The van der Waals surface area contributed by atoms with Crippen molar-refractivity contribution in [3.05, 3.63) is 21.4 Å². The van der Waals surface area contributed by atoms with Crippen LogP contribution >= 0.6 is 27.3 Å². The van der Waals surface area contributed by atoms with E-state index in [-0.39, 0.29) is 5.91 Å². The molecule has 1 saturated heterocycles. The second-order valence-electron chi connectivity index (χ2n) is 5.03. The Morgan fingerprint density at radius 3 is 2.74 bits per heavy atom. The molecule has 0 radical (unpaired) electrons. The van der Waals surface area contributed by atoms with Crippen LogP contribution < -0.4 is 0 Å². The van der Waals surface area contributed by atoms with E-state index in [4.69, 9.17) is 0 Å². The standard InChI is InChI=1S/C14H21BrN2OS/c1-11-10-13(19-12(11)2)14(18)17-6-3-5-16(7-4-15)8-9-17/h10H,3-9H2,1-2H3. The Morgan fingerprint density at radius 2 is 2.11 bits per heavy atom. The van der Waals surface area contributed by atoms with Crippen LogP contribution in [0.25, 0.3) is 0 Å². The lowest BCUT2D eigenvalue weighted by molar-refractivity contribution is 0.0766. The summed E-state index contributed by atoms with van der Waals surface area (Å²) >= 11 is 5.10. The Hall–Kier alpha value is -0.390. The van der Waals surface area contributed by atoms with E-state index in [0.29, 0.717) is 0 Å². The zero-order chi connectivity index (χ0) is 13.8. The molecule has 2 rings (SSSR count). The number of nitrogens with zero attached hydrogens (tertiary/aromatic N) is 2. The molecule has 0 spiro atoms. The van der Waals surface area contributed by atoms with Gasteiger partial charge in [-0.2, -0.15) is 0 Å². The summed E-state index contributed by atoms with van der Waals surface area (Å²) in [6.07, 6.45) is 1.07. The summed E-state index contributed by atoms with van der Waals surface area (Å²) in [5, 5.41) is 1.00. The number of carbonyl (C=O) groups is 1. The van der Waals surface area contributed by atoms with Crippen LogP contribution in [0.15, 0.2) is 6.07 Å². The molecule has 0 unspecified atom stereocenters. The summed E-state index contributed by atoms with van der Waals surface area (Å²) in [6, 6.07) is 2.03. The molecule has 0 atom stereocenters. The average molecular weight is 345 g/mol. The lowest BCUT2D eigenvalue weighted by Crippen LogP contribution is -2.35. The predicted octanol–water partition coefficient (Wildman–Crippen LogP) is 2.91. The monoisotopic (exact) mass is 344 g/mol. The molecule has 1 aromatic rings. The first-order chi connectivity index (χ1) is 9.11. The van der Waals surface area contributed by atoms with Crippen molar-refractivity contribution >= 4 is 33.2 Å². The summed E-state index contributed by atoms with van der Waals surface area (Å²) in [5.41, 5.74) is 1.23. The maximum atomic E-state index is 12.5. The molecule has 1 fully saturated rings. The number of aryl methyl sites for hydroxylation is 2. The fraction of sp³-hybridized carbons (Fsp3) is 0.643. The Kier molecular flexibility index (Phi) is 5.42. The summed E-state index contributed by atoms with van der Waals surface area (Å²) in [7, 11) is 0. The number of hydrogen-bond acceptors (Lipinski definition) is 3. The van der Waals surface area contributed by atoms with Gasteiger partial charge >= 0.3 is 0 Å². The lowest BCUT2D eigenvalue weighted by Gasteiger charge is -2.21. The molecule has 0 N–H and O–H groups in total. The number of hydrogen-bond donors (Lipinski definition) is 0. The third kappa shape index (κ3) is 3.80. The number of halogens is 1. The molecule has 1 aromatic heterocycles. The van der Waals surface area contributed by atoms with E-state index in [1.807, 2.05) is 11.0 Å². The van der Waals surface area contributed by atoms with Crippen molar-refractivity contribution in [1.29, 1.82) is 0 Å². The van der Waals surface area contributed by atoms with Crippen LogP contribution in [-0.2, 0) is 0 Å². The number of thiophene rings is 1. The SMILES string of the molecule is Cc1cc(C(=O)N2CCCN(CCBr)CC2)sc1C. The molecule has 0 saturated carbocycles. The molecule has 2 heterocycles.